The average Bonchev–Trinajstić information content (AvgIpc) is 2.91. The first-order valence-corrected chi connectivity index (χ1v) is 8.90. The number of aromatic nitrogens is 1. The topological polar surface area (TPSA) is 34.1 Å². The Morgan fingerprint density at radius 3 is 2.65 bits per heavy atom. The first-order valence-electron chi connectivity index (χ1n) is 8.02. The highest BCUT2D eigenvalue weighted by Crippen LogP contribution is 2.45. The maximum Gasteiger partial charge on any atom is 0.107 e. The summed E-state index contributed by atoms with van der Waals surface area (Å²) in [4.78, 5) is 4.77. The molecule has 3 aliphatic rings. The zero-order valence-electron chi connectivity index (χ0n) is 12.2. The Morgan fingerprint density at radius 2 is 2.00 bits per heavy atom. The van der Waals surface area contributed by atoms with Crippen LogP contribution in [-0.2, 0) is 11.3 Å². The quantitative estimate of drug-likeness (QED) is 0.904. The highest BCUT2D eigenvalue weighted by atomic mass is 32.1. The molecule has 3 aliphatic carbocycles. The van der Waals surface area contributed by atoms with Crippen LogP contribution in [-0.4, -0.2) is 24.2 Å². The molecule has 3 saturated carbocycles. The second kappa shape index (κ2) is 5.39. The van der Waals surface area contributed by atoms with Gasteiger partial charge in [-0.05, 0) is 50.4 Å². The Kier molecular flexibility index (Phi) is 3.57. The van der Waals surface area contributed by atoms with Gasteiger partial charge in [0.15, 0.2) is 0 Å². The summed E-state index contributed by atoms with van der Waals surface area (Å²) in [5.41, 5.74) is 1.35. The van der Waals surface area contributed by atoms with Crippen LogP contribution < -0.4 is 5.32 Å². The van der Waals surface area contributed by atoms with Gasteiger partial charge in [0.25, 0.3) is 0 Å². The first-order chi connectivity index (χ1) is 9.81. The minimum atomic E-state index is 0.533. The summed E-state index contributed by atoms with van der Waals surface area (Å²) in [5, 5.41) is 7.28. The zero-order valence-corrected chi connectivity index (χ0v) is 13.0. The number of methoxy groups -OCH3 is 1. The molecule has 3 fully saturated rings. The Morgan fingerprint density at radius 1 is 1.25 bits per heavy atom. The third kappa shape index (κ3) is 2.66. The smallest absolute Gasteiger partial charge is 0.107 e. The van der Waals surface area contributed by atoms with Crippen LogP contribution >= 0.6 is 11.3 Å². The van der Waals surface area contributed by atoms with Crippen molar-refractivity contribution < 1.29 is 4.74 Å². The third-order valence-electron chi connectivity index (χ3n) is 5.41. The summed E-state index contributed by atoms with van der Waals surface area (Å²) in [6.45, 7) is 0.967. The lowest BCUT2D eigenvalue weighted by atomic mass is 10.0. The van der Waals surface area contributed by atoms with Crippen molar-refractivity contribution in [3.63, 3.8) is 0 Å². The Bertz CT molecular complexity index is 457. The van der Waals surface area contributed by atoms with Crippen molar-refractivity contribution in [2.24, 2.45) is 11.8 Å². The molecule has 0 spiro atoms. The molecule has 4 heteroatoms. The molecule has 3 nitrogen and oxygen atoms in total. The molecular weight excluding hydrogens is 268 g/mol. The second-order valence-electron chi connectivity index (χ2n) is 6.84. The fraction of sp³-hybridized carbons (Fsp3) is 0.812. The van der Waals surface area contributed by atoms with E-state index >= 15 is 0 Å². The summed E-state index contributed by atoms with van der Waals surface area (Å²) in [6.07, 6.45) is 8.47. The van der Waals surface area contributed by atoms with E-state index in [0.717, 1.165) is 24.3 Å². The monoisotopic (exact) mass is 292 g/mol. The van der Waals surface area contributed by atoms with Crippen molar-refractivity contribution in [1.82, 2.24) is 10.3 Å². The average molecular weight is 292 g/mol. The van der Waals surface area contributed by atoms with Crippen LogP contribution in [0.4, 0.5) is 0 Å². The number of rotatable bonds is 5. The molecule has 1 N–H and O–H groups in total. The molecule has 1 aromatic heterocycles. The largest absolute Gasteiger partial charge is 0.381 e. The minimum Gasteiger partial charge on any atom is -0.381 e. The van der Waals surface area contributed by atoms with E-state index in [2.05, 4.69) is 10.7 Å². The predicted octanol–water partition coefficient (Wildman–Crippen LogP) is 3.31. The van der Waals surface area contributed by atoms with Gasteiger partial charge >= 0.3 is 0 Å². The van der Waals surface area contributed by atoms with Crippen molar-refractivity contribution in [3.8, 4) is 0 Å². The lowest BCUT2D eigenvalue weighted by Crippen LogP contribution is -2.27. The molecule has 0 aromatic carbocycles. The summed E-state index contributed by atoms with van der Waals surface area (Å²) in [7, 11) is 1.86. The van der Waals surface area contributed by atoms with Gasteiger partial charge in [-0.3, -0.25) is 0 Å². The van der Waals surface area contributed by atoms with E-state index in [9.17, 15) is 0 Å². The van der Waals surface area contributed by atoms with Crippen molar-refractivity contribution in [1.29, 1.82) is 0 Å². The Hall–Kier alpha value is -0.450. The highest BCUT2D eigenvalue weighted by Gasteiger charge is 2.41. The van der Waals surface area contributed by atoms with Gasteiger partial charge in [-0.1, -0.05) is 0 Å². The van der Waals surface area contributed by atoms with Crippen LogP contribution in [0.25, 0.3) is 0 Å². The van der Waals surface area contributed by atoms with Gasteiger partial charge in [-0.15, -0.1) is 11.3 Å². The van der Waals surface area contributed by atoms with Gasteiger partial charge < -0.3 is 10.1 Å². The molecule has 0 amide bonds. The second-order valence-corrected chi connectivity index (χ2v) is 7.78. The van der Waals surface area contributed by atoms with Gasteiger partial charge in [0, 0.05) is 31.0 Å². The number of thiazole rings is 1. The minimum absolute atomic E-state index is 0.533. The van der Waals surface area contributed by atoms with Gasteiger partial charge in [0.05, 0.1) is 11.8 Å². The van der Waals surface area contributed by atoms with Crippen LogP contribution in [0.3, 0.4) is 0 Å². The van der Waals surface area contributed by atoms with Gasteiger partial charge in [-0.25, -0.2) is 4.98 Å². The molecule has 0 bridgehead atoms. The SMILES string of the molecule is COC1C[C@H]2CC(NCc3nc(C4CC4)cs3)C[C@H]2C1. The number of hydrogen-bond acceptors (Lipinski definition) is 4. The maximum atomic E-state index is 5.51. The molecule has 4 atom stereocenters. The van der Waals surface area contributed by atoms with Gasteiger partial charge in [0.1, 0.15) is 5.01 Å². The number of ether oxygens (including phenoxy) is 1. The van der Waals surface area contributed by atoms with E-state index in [1.165, 1.54) is 49.2 Å². The van der Waals surface area contributed by atoms with E-state index < -0.39 is 0 Å². The molecule has 20 heavy (non-hydrogen) atoms. The van der Waals surface area contributed by atoms with Crippen molar-refractivity contribution >= 4 is 11.3 Å². The molecule has 1 heterocycles. The van der Waals surface area contributed by atoms with Crippen molar-refractivity contribution in [2.45, 2.75) is 63.1 Å². The normalized spacial score (nSPS) is 36.5. The summed E-state index contributed by atoms with van der Waals surface area (Å²) in [5.74, 6) is 2.59. The van der Waals surface area contributed by atoms with E-state index in [4.69, 9.17) is 9.72 Å². The molecule has 4 rings (SSSR count). The fourth-order valence-corrected chi connectivity index (χ4v) is 4.95. The standard InChI is InChI=1S/C16H24N2OS/c1-19-14-6-11-4-13(5-12(11)7-14)17-8-16-18-15(9-20-16)10-2-3-10/h9-14,17H,2-8H2,1H3/t11-,12+,13?,14?. The number of fused-ring (bicyclic) bond motifs is 1. The molecular formula is C16H24N2OS. The van der Waals surface area contributed by atoms with Crippen molar-refractivity contribution in [2.75, 3.05) is 7.11 Å². The maximum absolute atomic E-state index is 5.51. The molecule has 0 aliphatic heterocycles. The van der Waals surface area contributed by atoms with Crippen LogP contribution in [0.5, 0.6) is 0 Å². The predicted molar refractivity (Wildman–Crippen MR) is 81.0 cm³/mol. The van der Waals surface area contributed by atoms with E-state index in [1.807, 2.05) is 18.4 Å². The molecule has 0 saturated heterocycles. The van der Waals surface area contributed by atoms with Crippen LogP contribution in [0.2, 0.25) is 0 Å². The van der Waals surface area contributed by atoms with Crippen LogP contribution in [0.15, 0.2) is 5.38 Å². The van der Waals surface area contributed by atoms with E-state index in [0.29, 0.717) is 12.1 Å². The van der Waals surface area contributed by atoms with Gasteiger partial charge in [0.2, 0.25) is 0 Å². The number of nitrogens with zero attached hydrogens (tertiary/aromatic N) is 1. The van der Waals surface area contributed by atoms with Crippen molar-refractivity contribution in [3.05, 3.63) is 16.1 Å². The lowest BCUT2D eigenvalue weighted by Gasteiger charge is -2.14. The van der Waals surface area contributed by atoms with E-state index in [-0.39, 0.29) is 0 Å². The number of nitrogens with one attached hydrogen (secondary N) is 1. The summed E-state index contributed by atoms with van der Waals surface area (Å²) in [6, 6.07) is 0.705. The Labute approximate surface area is 125 Å². The first kappa shape index (κ1) is 13.2. The summed E-state index contributed by atoms with van der Waals surface area (Å²) >= 11 is 1.83. The molecule has 110 valence electrons. The lowest BCUT2D eigenvalue weighted by molar-refractivity contribution is 0.100. The van der Waals surface area contributed by atoms with E-state index in [1.54, 1.807) is 0 Å². The van der Waals surface area contributed by atoms with Gasteiger partial charge in [-0.2, -0.15) is 0 Å². The zero-order chi connectivity index (χ0) is 13.5. The third-order valence-corrected chi connectivity index (χ3v) is 6.28. The summed E-state index contributed by atoms with van der Waals surface area (Å²) < 4.78 is 5.51. The highest BCUT2D eigenvalue weighted by molar-refractivity contribution is 7.09. The number of hydrogen-bond donors (Lipinski definition) is 1. The fourth-order valence-electron chi connectivity index (χ4n) is 4.12. The molecule has 1 aromatic rings. The molecule has 0 radical (unpaired) electrons. The Balaban J connectivity index is 1.26. The molecule has 2 unspecified atom stereocenters. The van der Waals surface area contributed by atoms with Crippen LogP contribution in [0.1, 0.15) is 55.1 Å². The van der Waals surface area contributed by atoms with Crippen LogP contribution in [0, 0.1) is 11.8 Å².